The van der Waals surface area contributed by atoms with Crippen LogP contribution < -0.4 is 0 Å². The van der Waals surface area contributed by atoms with Gasteiger partial charge in [0.2, 0.25) is 5.91 Å². The highest BCUT2D eigenvalue weighted by atomic mass is 19.4. The molecule has 0 radical (unpaired) electrons. The van der Waals surface area contributed by atoms with Crippen LogP contribution in [0.2, 0.25) is 0 Å². The molecule has 0 aliphatic carbocycles. The summed E-state index contributed by atoms with van der Waals surface area (Å²) in [6.45, 7) is 6.60. The van der Waals surface area contributed by atoms with E-state index in [0.29, 0.717) is 36.0 Å². The fourth-order valence-electron chi connectivity index (χ4n) is 3.61. The Balaban J connectivity index is 0.00000117. The van der Waals surface area contributed by atoms with Gasteiger partial charge in [0.1, 0.15) is 5.69 Å². The molecule has 0 N–H and O–H groups in total. The number of carbonyl (C=O) groups excluding carboxylic acids is 1. The van der Waals surface area contributed by atoms with E-state index >= 15 is 0 Å². The Labute approximate surface area is 167 Å². The highest BCUT2D eigenvalue weighted by Gasteiger charge is 2.33. The average Bonchev–Trinajstić information content (AvgIpc) is 3.04. The number of aromatic nitrogens is 3. The van der Waals surface area contributed by atoms with E-state index in [2.05, 4.69) is 10.1 Å². The van der Waals surface area contributed by atoms with Crippen LogP contribution in [0.5, 0.6) is 0 Å². The number of hydrogen-bond acceptors (Lipinski definition) is 3. The number of aryl methyl sites for hydroxylation is 1. The maximum Gasteiger partial charge on any atom is 0.433 e. The Morgan fingerprint density at radius 2 is 1.93 bits per heavy atom. The molecule has 8 heteroatoms. The first-order chi connectivity index (χ1) is 13.8. The molecule has 3 heterocycles. The number of rotatable bonds is 1. The summed E-state index contributed by atoms with van der Waals surface area (Å²) in [5.74, 6) is -0.00939. The molecule has 4 rings (SSSR count). The molecule has 1 amide bonds. The first kappa shape index (κ1) is 20.8. The molecule has 1 aliphatic heterocycles. The first-order valence-corrected chi connectivity index (χ1v) is 9.52. The van der Waals surface area contributed by atoms with Crippen molar-refractivity contribution in [2.75, 3.05) is 6.54 Å². The lowest BCUT2D eigenvalue weighted by Gasteiger charge is -2.26. The van der Waals surface area contributed by atoms with Crippen molar-refractivity contribution in [2.45, 2.75) is 39.9 Å². The van der Waals surface area contributed by atoms with Crippen LogP contribution in [0.25, 0.3) is 22.0 Å². The van der Waals surface area contributed by atoms with Gasteiger partial charge in [-0.15, -0.1) is 0 Å². The molecule has 1 aromatic carbocycles. The second-order valence-corrected chi connectivity index (χ2v) is 6.68. The van der Waals surface area contributed by atoms with E-state index < -0.39 is 11.9 Å². The smallest absolute Gasteiger partial charge is 0.338 e. The fourth-order valence-corrected chi connectivity index (χ4v) is 3.61. The van der Waals surface area contributed by atoms with Crippen LogP contribution in [-0.4, -0.2) is 32.1 Å². The Morgan fingerprint density at radius 3 is 2.59 bits per heavy atom. The number of pyridine rings is 1. The van der Waals surface area contributed by atoms with E-state index in [-0.39, 0.29) is 5.91 Å². The average molecular weight is 404 g/mol. The minimum absolute atomic E-state index is 0.00939. The Kier molecular flexibility index (Phi) is 5.64. The standard InChI is InChI=1S/C19H17F3N4O.C2H6/c1-11(27)26-7-6-16-15(10-26)18(24-25(16)2)13-5-3-4-12-8-17(19(20,21)22)23-9-14(12)13;1-2/h3-5,8-9H,6-7,10H2,1-2H3;1-2H3. The van der Waals surface area contributed by atoms with Gasteiger partial charge in [0.05, 0.1) is 5.69 Å². The van der Waals surface area contributed by atoms with Gasteiger partial charge in [0.15, 0.2) is 0 Å². The number of fused-ring (bicyclic) bond motifs is 2. The van der Waals surface area contributed by atoms with E-state index in [1.165, 1.54) is 13.1 Å². The molecule has 5 nitrogen and oxygen atoms in total. The monoisotopic (exact) mass is 404 g/mol. The molecule has 2 aromatic heterocycles. The summed E-state index contributed by atoms with van der Waals surface area (Å²) < 4.78 is 40.7. The van der Waals surface area contributed by atoms with Crippen LogP contribution in [0.1, 0.15) is 37.7 Å². The Bertz CT molecular complexity index is 1060. The summed E-state index contributed by atoms with van der Waals surface area (Å²) in [6, 6.07) is 6.22. The van der Waals surface area contributed by atoms with Crippen molar-refractivity contribution in [3.8, 4) is 11.3 Å². The summed E-state index contributed by atoms with van der Waals surface area (Å²) >= 11 is 0. The molecule has 29 heavy (non-hydrogen) atoms. The molecule has 0 bridgehead atoms. The number of benzene rings is 1. The molecule has 0 spiro atoms. The third kappa shape index (κ3) is 3.83. The molecule has 3 aromatic rings. The van der Waals surface area contributed by atoms with Gasteiger partial charge in [-0.3, -0.25) is 14.5 Å². The zero-order valence-electron chi connectivity index (χ0n) is 16.8. The third-order valence-electron chi connectivity index (χ3n) is 5.00. The lowest BCUT2D eigenvalue weighted by molar-refractivity contribution is -0.141. The van der Waals surface area contributed by atoms with Gasteiger partial charge in [-0.05, 0) is 11.5 Å². The molecule has 0 unspecified atom stereocenters. The number of hydrogen-bond donors (Lipinski definition) is 0. The van der Waals surface area contributed by atoms with E-state index in [4.69, 9.17) is 0 Å². The molecule has 1 aliphatic rings. The van der Waals surface area contributed by atoms with Crippen LogP contribution in [-0.2, 0) is 31.0 Å². The minimum atomic E-state index is -4.49. The topological polar surface area (TPSA) is 51.0 Å². The van der Waals surface area contributed by atoms with E-state index in [1.54, 1.807) is 21.7 Å². The van der Waals surface area contributed by atoms with Gasteiger partial charge in [0, 0.05) is 61.9 Å². The zero-order valence-corrected chi connectivity index (χ0v) is 16.8. The lowest BCUT2D eigenvalue weighted by atomic mass is 9.97. The van der Waals surface area contributed by atoms with E-state index in [1.807, 2.05) is 27.0 Å². The van der Waals surface area contributed by atoms with Gasteiger partial charge in [-0.2, -0.15) is 18.3 Å². The van der Waals surface area contributed by atoms with Crippen molar-refractivity contribution in [1.82, 2.24) is 19.7 Å². The van der Waals surface area contributed by atoms with Gasteiger partial charge in [0.25, 0.3) is 0 Å². The zero-order chi connectivity index (χ0) is 21.3. The molecule has 0 saturated carbocycles. The Hall–Kier alpha value is -2.90. The highest BCUT2D eigenvalue weighted by Crippen LogP contribution is 2.36. The van der Waals surface area contributed by atoms with Crippen LogP contribution in [0.4, 0.5) is 13.2 Å². The number of halogens is 3. The molecule has 0 fully saturated rings. The molecule has 0 atom stereocenters. The van der Waals surface area contributed by atoms with Crippen molar-refractivity contribution in [3.05, 3.63) is 47.4 Å². The van der Waals surface area contributed by atoms with Gasteiger partial charge >= 0.3 is 6.18 Å². The summed E-state index contributed by atoms with van der Waals surface area (Å²) in [6.07, 6.45) is -2.55. The van der Waals surface area contributed by atoms with Gasteiger partial charge in [-0.25, -0.2) is 0 Å². The molecular formula is C21H23F3N4O. The van der Waals surface area contributed by atoms with E-state index in [9.17, 15) is 18.0 Å². The number of alkyl halides is 3. The second-order valence-electron chi connectivity index (χ2n) is 6.68. The summed E-state index contributed by atoms with van der Waals surface area (Å²) in [7, 11) is 1.84. The molecule has 154 valence electrons. The maximum absolute atomic E-state index is 13.0. The van der Waals surface area contributed by atoms with Crippen LogP contribution in [0, 0.1) is 0 Å². The normalized spacial score (nSPS) is 13.7. The molecular weight excluding hydrogens is 381 g/mol. The van der Waals surface area contributed by atoms with Crippen molar-refractivity contribution >= 4 is 16.7 Å². The SMILES string of the molecule is CC.CC(=O)N1CCc2c(c(-c3cccc4cc(C(F)(F)F)ncc34)nn2C)C1. The summed E-state index contributed by atoms with van der Waals surface area (Å²) in [5.41, 5.74) is 2.46. The van der Waals surface area contributed by atoms with Crippen molar-refractivity contribution in [2.24, 2.45) is 7.05 Å². The predicted molar refractivity (Wildman–Crippen MR) is 105 cm³/mol. The first-order valence-electron chi connectivity index (χ1n) is 9.52. The van der Waals surface area contributed by atoms with Gasteiger partial charge in [-0.1, -0.05) is 32.0 Å². The second kappa shape index (κ2) is 7.85. The highest BCUT2D eigenvalue weighted by molar-refractivity contribution is 5.96. The quantitative estimate of drug-likeness (QED) is 0.596. The minimum Gasteiger partial charge on any atom is -0.338 e. The van der Waals surface area contributed by atoms with Crippen molar-refractivity contribution < 1.29 is 18.0 Å². The van der Waals surface area contributed by atoms with Crippen LogP contribution in [0.3, 0.4) is 0 Å². The van der Waals surface area contributed by atoms with Gasteiger partial charge < -0.3 is 4.90 Å². The predicted octanol–water partition coefficient (Wildman–Crippen LogP) is 4.58. The third-order valence-corrected chi connectivity index (χ3v) is 5.00. The number of nitrogens with zero attached hydrogens (tertiary/aromatic N) is 4. The van der Waals surface area contributed by atoms with Crippen LogP contribution >= 0.6 is 0 Å². The summed E-state index contributed by atoms with van der Waals surface area (Å²) in [4.78, 5) is 17.1. The lowest BCUT2D eigenvalue weighted by Crippen LogP contribution is -2.34. The van der Waals surface area contributed by atoms with E-state index in [0.717, 1.165) is 22.9 Å². The van der Waals surface area contributed by atoms with Crippen molar-refractivity contribution in [3.63, 3.8) is 0 Å². The largest absolute Gasteiger partial charge is 0.433 e. The summed E-state index contributed by atoms with van der Waals surface area (Å²) in [5, 5.41) is 5.66. The fraction of sp³-hybridized carbons (Fsp3) is 0.381. The maximum atomic E-state index is 13.0. The molecule has 0 saturated heterocycles. The Morgan fingerprint density at radius 1 is 1.21 bits per heavy atom. The number of amides is 1. The number of carbonyl (C=O) groups is 1. The van der Waals surface area contributed by atoms with Crippen molar-refractivity contribution in [1.29, 1.82) is 0 Å². The van der Waals surface area contributed by atoms with Crippen LogP contribution in [0.15, 0.2) is 30.5 Å².